The Labute approximate surface area is 121 Å². The summed E-state index contributed by atoms with van der Waals surface area (Å²) in [5.74, 6) is 0. The summed E-state index contributed by atoms with van der Waals surface area (Å²) in [4.78, 5) is 2.57. The van der Waals surface area contributed by atoms with E-state index in [1.165, 1.54) is 12.8 Å². The van der Waals surface area contributed by atoms with Gasteiger partial charge in [-0.05, 0) is 63.5 Å². The van der Waals surface area contributed by atoms with Crippen LogP contribution in [0.2, 0.25) is 0 Å². The second-order valence-electron chi connectivity index (χ2n) is 5.55. The van der Waals surface area contributed by atoms with E-state index in [0.29, 0.717) is 5.69 Å². The van der Waals surface area contributed by atoms with Crippen LogP contribution in [0.25, 0.3) is 0 Å². The quantitative estimate of drug-likeness (QED) is 0.804. The van der Waals surface area contributed by atoms with Crippen LogP contribution in [0.15, 0.2) is 23.1 Å². The van der Waals surface area contributed by atoms with Gasteiger partial charge in [0, 0.05) is 18.3 Å². The minimum absolute atomic E-state index is 0.101. The lowest BCUT2D eigenvalue weighted by molar-refractivity contribution is 0.313. The van der Waals surface area contributed by atoms with Crippen LogP contribution in [0.5, 0.6) is 0 Å². The molecule has 112 valence electrons. The molecule has 0 spiro atoms. The van der Waals surface area contributed by atoms with E-state index in [2.05, 4.69) is 9.62 Å². The van der Waals surface area contributed by atoms with Gasteiger partial charge in [0.25, 0.3) is 0 Å². The minimum atomic E-state index is -3.47. The number of sulfonamides is 1. The summed E-state index contributed by atoms with van der Waals surface area (Å²) in [6.07, 6.45) is 2.41. The molecule has 2 rings (SSSR count). The third-order valence-corrected chi connectivity index (χ3v) is 5.23. The van der Waals surface area contributed by atoms with Gasteiger partial charge in [0.1, 0.15) is 0 Å². The van der Waals surface area contributed by atoms with Crippen LogP contribution >= 0.6 is 0 Å². The van der Waals surface area contributed by atoms with Crippen LogP contribution in [0.3, 0.4) is 0 Å². The van der Waals surface area contributed by atoms with E-state index in [4.69, 9.17) is 5.73 Å². The van der Waals surface area contributed by atoms with E-state index in [1.54, 1.807) is 18.2 Å². The highest BCUT2D eigenvalue weighted by Crippen LogP contribution is 2.17. The second kappa shape index (κ2) is 6.11. The number of rotatable bonds is 5. The number of nitrogens with one attached hydrogen (secondary N) is 1. The molecule has 1 unspecified atom stereocenters. The molecule has 0 radical (unpaired) electrons. The zero-order chi connectivity index (χ0) is 14.8. The van der Waals surface area contributed by atoms with Crippen molar-refractivity contribution in [3.05, 3.63) is 23.8 Å². The van der Waals surface area contributed by atoms with Gasteiger partial charge in [-0.2, -0.15) is 0 Å². The first-order valence-electron chi connectivity index (χ1n) is 6.99. The largest absolute Gasteiger partial charge is 0.399 e. The fraction of sp³-hybridized carbons (Fsp3) is 0.571. The Bertz CT molecular complexity index is 566. The van der Waals surface area contributed by atoms with Gasteiger partial charge in [0.2, 0.25) is 10.0 Å². The lowest BCUT2D eigenvalue weighted by atomic mass is 10.2. The zero-order valence-corrected chi connectivity index (χ0v) is 12.9. The third kappa shape index (κ3) is 3.71. The Morgan fingerprint density at radius 3 is 2.60 bits per heavy atom. The van der Waals surface area contributed by atoms with E-state index in [-0.39, 0.29) is 10.9 Å². The second-order valence-corrected chi connectivity index (χ2v) is 7.26. The molecule has 1 saturated heterocycles. The zero-order valence-electron chi connectivity index (χ0n) is 12.1. The van der Waals surface area contributed by atoms with Crippen molar-refractivity contribution in [1.29, 1.82) is 0 Å². The normalized spacial score (nSPS) is 18.3. The highest BCUT2D eigenvalue weighted by Gasteiger charge is 2.21. The summed E-state index contributed by atoms with van der Waals surface area (Å²) in [5, 5.41) is 0. The van der Waals surface area contributed by atoms with Crippen LogP contribution in [-0.2, 0) is 10.0 Å². The van der Waals surface area contributed by atoms with Crippen molar-refractivity contribution in [2.75, 3.05) is 25.4 Å². The average molecular weight is 297 g/mol. The van der Waals surface area contributed by atoms with Gasteiger partial charge in [0.05, 0.1) is 4.90 Å². The molecule has 5 nitrogen and oxygen atoms in total. The first-order chi connectivity index (χ1) is 9.38. The topological polar surface area (TPSA) is 75.4 Å². The highest BCUT2D eigenvalue weighted by atomic mass is 32.2. The summed E-state index contributed by atoms with van der Waals surface area (Å²) in [7, 11) is -3.47. The number of likely N-dealkylation sites (tertiary alicyclic amines) is 1. The van der Waals surface area contributed by atoms with Crippen molar-refractivity contribution < 1.29 is 8.42 Å². The Morgan fingerprint density at radius 2 is 2.00 bits per heavy atom. The van der Waals surface area contributed by atoms with Crippen molar-refractivity contribution in [3.8, 4) is 0 Å². The Morgan fingerprint density at radius 1 is 1.35 bits per heavy atom. The summed E-state index contributed by atoms with van der Waals surface area (Å²) >= 11 is 0. The van der Waals surface area contributed by atoms with Gasteiger partial charge in [-0.3, -0.25) is 0 Å². The number of anilines is 1. The number of aryl methyl sites for hydroxylation is 1. The van der Waals surface area contributed by atoms with E-state index >= 15 is 0 Å². The maximum absolute atomic E-state index is 12.3. The van der Waals surface area contributed by atoms with Gasteiger partial charge in [0.15, 0.2) is 0 Å². The number of hydrogen-bond acceptors (Lipinski definition) is 4. The van der Waals surface area contributed by atoms with E-state index in [9.17, 15) is 8.42 Å². The number of nitrogens with two attached hydrogens (primary N) is 1. The molecule has 3 N–H and O–H groups in total. The average Bonchev–Trinajstić information content (AvgIpc) is 2.84. The van der Waals surface area contributed by atoms with E-state index in [0.717, 1.165) is 25.2 Å². The SMILES string of the molecule is Cc1cc(S(=O)(=O)NC(C)CN2CCCC2)ccc1N. The van der Waals surface area contributed by atoms with Crippen LogP contribution in [0.4, 0.5) is 5.69 Å². The molecular weight excluding hydrogens is 274 g/mol. The van der Waals surface area contributed by atoms with Gasteiger partial charge >= 0.3 is 0 Å². The van der Waals surface area contributed by atoms with Gasteiger partial charge in [-0.1, -0.05) is 0 Å². The smallest absolute Gasteiger partial charge is 0.240 e. The minimum Gasteiger partial charge on any atom is -0.399 e. The number of hydrogen-bond donors (Lipinski definition) is 2. The molecule has 6 heteroatoms. The maximum Gasteiger partial charge on any atom is 0.240 e. The molecule has 1 aromatic rings. The van der Waals surface area contributed by atoms with E-state index in [1.807, 2.05) is 13.8 Å². The van der Waals surface area contributed by atoms with E-state index < -0.39 is 10.0 Å². The molecule has 1 aliphatic rings. The molecule has 0 bridgehead atoms. The Kier molecular flexibility index (Phi) is 4.67. The number of benzene rings is 1. The molecule has 1 aliphatic heterocycles. The fourth-order valence-electron chi connectivity index (χ4n) is 2.54. The van der Waals surface area contributed by atoms with Gasteiger partial charge in [-0.25, -0.2) is 13.1 Å². The van der Waals surface area contributed by atoms with Crippen LogP contribution in [-0.4, -0.2) is 39.0 Å². The third-order valence-electron chi connectivity index (χ3n) is 3.64. The van der Waals surface area contributed by atoms with Crippen LogP contribution < -0.4 is 10.5 Å². The van der Waals surface area contributed by atoms with Crippen LogP contribution in [0, 0.1) is 6.92 Å². The van der Waals surface area contributed by atoms with Crippen molar-refractivity contribution in [2.24, 2.45) is 0 Å². The fourth-order valence-corrected chi connectivity index (χ4v) is 3.86. The first kappa shape index (κ1) is 15.3. The highest BCUT2D eigenvalue weighted by molar-refractivity contribution is 7.89. The van der Waals surface area contributed by atoms with Crippen molar-refractivity contribution in [1.82, 2.24) is 9.62 Å². The molecule has 0 aromatic heterocycles. The lowest BCUT2D eigenvalue weighted by Crippen LogP contribution is -2.41. The van der Waals surface area contributed by atoms with Gasteiger partial charge < -0.3 is 10.6 Å². The standard InChI is InChI=1S/C14H23N3O2S/c1-11-9-13(5-6-14(11)15)20(18,19)16-12(2)10-17-7-3-4-8-17/h5-6,9,12,16H,3-4,7-8,10,15H2,1-2H3. The summed E-state index contributed by atoms with van der Waals surface area (Å²) in [6.45, 7) is 6.59. The van der Waals surface area contributed by atoms with Crippen molar-refractivity contribution >= 4 is 15.7 Å². The first-order valence-corrected chi connectivity index (χ1v) is 8.47. The molecule has 1 aromatic carbocycles. The summed E-state index contributed by atoms with van der Waals surface area (Å²) < 4.78 is 27.4. The molecule has 0 aliphatic carbocycles. The molecule has 1 fully saturated rings. The van der Waals surface area contributed by atoms with Crippen LogP contribution in [0.1, 0.15) is 25.3 Å². The van der Waals surface area contributed by atoms with Crippen molar-refractivity contribution in [2.45, 2.75) is 37.6 Å². The molecule has 1 heterocycles. The summed E-state index contributed by atoms with van der Waals surface area (Å²) in [5.41, 5.74) is 7.10. The monoisotopic (exact) mass is 297 g/mol. The predicted octanol–water partition coefficient (Wildman–Crippen LogP) is 1.34. The Balaban J connectivity index is 2.03. The van der Waals surface area contributed by atoms with Gasteiger partial charge in [-0.15, -0.1) is 0 Å². The predicted molar refractivity (Wildman–Crippen MR) is 81.0 cm³/mol. The molecule has 1 atom stereocenters. The molecule has 20 heavy (non-hydrogen) atoms. The molecule has 0 saturated carbocycles. The molecule has 0 amide bonds. The van der Waals surface area contributed by atoms with Crippen molar-refractivity contribution in [3.63, 3.8) is 0 Å². The number of nitrogens with zero attached hydrogens (tertiary/aromatic N) is 1. The number of nitrogen functional groups attached to an aromatic ring is 1. The maximum atomic E-state index is 12.3. The molecular formula is C14H23N3O2S. The Hall–Kier alpha value is -1.11. The summed E-state index contributed by atoms with van der Waals surface area (Å²) in [6, 6.07) is 4.69. The lowest BCUT2D eigenvalue weighted by Gasteiger charge is -2.21.